The lowest BCUT2D eigenvalue weighted by Gasteiger charge is -1.99. The van der Waals surface area contributed by atoms with Gasteiger partial charge >= 0.3 is 0 Å². The molecule has 3 nitrogen and oxygen atoms in total. The second kappa shape index (κ2) is 4.25. The van der Waals surface area contributed by atoms with Gasteiger partial charge in [0.05, 0.1) is 17.4 Å². The molecular formula is C10H11NO2S. The lowest BCUT2D eigenvalue weighted by Crippen LogP contribution is -2.05. The van der Waals surface area contributed by atoms with Gasteiger partial charge in [0.2, 0.25) is 0 Å². The van der Waals surface area contributed by atoms with Crippen molar-refractivity contribution in [3.05, 3.63) is 35.4 Å². The molecule has 0 bridgehead atoms. The van der Waals surface area contributed by atoms with Crippen LogP contribution < -0.4 is 0 Å². The fourth-order valence-electron chi connectivity index (χ4n) is 1.05. The summed E-state index contributed by atoms with van der Waals surface area (Å²) in [5, 5.41) is 8.54. The number of nitriles is 1. The maximum Gasteiger partial charge on any atom is 0.147 e. The summed E-state index contributed by atoms with van der Waals surface area (Å²) in [5.41, 5.74) is 1.53. The third-order valence-corrected chi connectivity index (χ3v) is 2.79. The Hall–Kier alpha value is -1.34. The lowest BCUT2D eigenvalue weighted by atomic mass is 10.1. The molecule has 1 aromatic carbocycles. The molecule has 0 amide bonds. The minimum atomic E-state index is -2.90. The Kier molecular flexibility index (Phi) is 3.26. The summed E-state index contributed by atoms with van der Waals surface area (Å²) < 4.78 is 21.8. The van der Waals surface area contributed by atoms with E-state index in [0.29, 0.717) is 12.0 Å². The van der Waals surface area contributed by atoms with E-state index in [-0.39, 0.29) is 5.75 Å². The van der Waals surface area contributed by atoms with E-state index in [4.69, 9.17) is 5.26 Å². The zero-order chi connectivity index (χ0) is 10.6. The van der Waals surface area contributed by atoms with Crippen LogP contribution in [-0.4, -0.2) is 20.4 Å². The molecule has 0 heterocycles. The molecule has 0 aliphatic rings. The lowest BCUT2D eigenvalue weighted by molar-refractivity contribution is 0.601. The highest BCUT2D eigenvalue weighted by molar-refractivity contribution is 7.90. The van der Waals surface area contributed by atoms with Crippen molar-refractivity contribution < 1.29 is 8.42 Å². The van der Waals surface area contributed by atoms with E-state index in [9.17, 15) is 8.42 Å². The van der Waals surface area contributed by atoms with Crippen LogP contribution in [0.4, 0.5) is 0 Å². The van der Waals surface area contributed by atoms with Crippen LogP contribution in [0.3, 0.4) is 0 Å². The molecule has 0 aliphatic carbocycles. The van der Waals surface area contributed by atoms with Crippen LogP contribution in [0.5, 0.6) is 0 Å². The monoisotopic (exact) mass is 209 g/mol. The van der Waals surface area contributed by atoms with E-state index < -0.39 is 9.84 Å². The molecule has 0 aliphatic heterocycles. The molecule has 0 spiro atoms. The van der Waals surface area contributed by atoms with Crippen LogP contribution in [0.1, 0.15) is 11.1 Å². The second-order valence-corrected chi connectivity index (χ2v) is 5.45. The Morgan fingerprint density at radius 1 is 1.29 bits per heavy atom. The molecule has 74 valence electrons. The van der Waals surface area contributed by atoms with E-state index in [2.05, 4.69) is 0 Å². The van der Waals surface area contributed by atoms with Gasteiger partial charge in [-0.05, 0) is 24.1 Å². The Balaban J connectivity index is 2.67. The Labute approximate surface area is 83.9 Å². The van der Waals surface area contributed by atoms with Crippen molar-refractivity contribution in [3.63, 3.8) is 0 Å². The maximum absolute atomic E-state index is 10.9. The van der Waals surface area contributed by atoms with Gasteiger partial charge in [-0.25, -0.2) is 8.42 Å². The highest BCUT2D eigenvalue weighted by Crippen LogP contribution is 2.04. The summed E-state index contributed by atoms with van der Waals surface area (Å²) in [6.07, 6.45) is 1.72. The number of sulfone groups is 1. The third-order valence-electron chi connectivity index (χ3n) is 1.84. The molecule has 0 unspecified atom stereocenters. The number of benzene rings is 1. The van der Waals surface area contributed by atoms with Gasteiger partial charge in [0.25, 0.3) is 0 Å². The van der Waals surface area contributed by atoms with Gasteiger partial charge in [0.1, 0.15) is 9.84 Å². The minimum absolute atomic E-state index is 0.152. The van der Waals surface area contributed by atoms with Crippen LogP contribution in [0.25, 0.3) is 0 Å². The van der Waals surface area contributed by atoms with Crippen LogP contribution in [-0.2, 0) is 16.3 Å². The minimum Gasteiger partial charge on any atom is -0.229 e. The average Bonchev–Trinajstić information content (AvgIpc) is 2.14. The molecular weight excluding hydrogens is 198 g/mol. The van der Waals surface area contributed by atoms with E-state index in [1.165, 1.54) is 6.26 Å². The van der Waals surface area contributed by atoms with Gasteiger partial charge in [0, 0.05) is 6.26 Å². The summed E-state index contributed by atoms with van der Waals surface area (Å²) in [5.74, 6) is 0.152. The molecule has 0 fully saturated rings. The smallest absolute Gasteiger partial charge is 0.147 e. The van der Waals surface area contributed by atoms with Crippen molar-refractivity contribution in [2.24, 2.45) is 0 Å². The highest BCUT2D eigenvalue weighted by Gasteiger charge is 2.02. The first kappa shape index (κ1) is 10.7. The van der Waals surface area contributed by atoms with Crippen LogP contribution in [0, 0.1) is 11.3 Å². The van der Waals surface area contributed by atoms with Gasteiger partial charge in [-0.3, -0.25) is 0 Å². The number of nitrogens with zero attached hydrogens (tertiary/aromatic N) is 1. The summed E-state index contributed by atoms with van der Waals surface area (Å²) in [7, 11) is -2.90. The fraction of sp³-hybridized carbons (Fsp3) is 0.300. The first-order valence-electron chi connectivity index (χ1n) is 4.18. The molecule has 0 saturated heterocycles. The van der Waals surface area contributed by atoms with Gasteiger partial charge in [-0.2, -0.15) is 5.26 Å². The van der Waals surface area contributed by atoms with E-state index in [1.807, 2.05) is 6.07 Å². The summed E-state index contributed by atoms with van der Waals surface area (Å²) in [4.78, 5) is 0. The summed E-state index contributed by atoms with van der Waals surface area (Å²) >= 11 is 0. The molecule has 0 atom stereocenters. The highest BCUT2D eigenvalue weighted by atomic mass is 32.2. The first-order valence-corrected chi connectivity index (χ1v) is 6.24. The maximum atomic E-state index is 10.9. The quantitative estimate of drug-likeness (QED) is 0.750. The van der Waals surface area contributed by atoms with Crippen LogP contribution in [0.15, 0.2) is 24.3 Å². The van der Waals surface area contributed by atoms with Crippen LogP contribution >= 0.6 is 0 Å². The SMILES string of the molecule is CS(=O)(=O)CCc1ccc(C#N)cc1. The number of hydrogen-bond acceptors (Lipinski definition) is 3. The molecule has 1 rings (SSSR count). The fourth-order valence-corrected chi connectivity index (χ4v) is 1.66. The summed E-state index contributed by atoms with van der Waals surface area (Å²) in [6, 6.07) is 8.96. The van der Waals surface area contributed by atoms with Crippen molar-refractivity contribution in [2.45, 2.75) is 6.42 Å². The van der Waals surface area contributed by atoms with E-state index in [1.54, 1.807) is 24.3 Å². The van der Waals surface area contributed by atoms with Gasteiger partial charge < -0.3 is 0 Å². The predicted octanol–water partition coefficient (Wildman–Crippen LogP) is 1.15. The topological polar surface area (TPSA) is 57.9 Å². The Bertz CT molecular complexity index is 440. The molecule has 4 heteroatoms. The standard InChI is InChI=1S/C10H11NO2S/c1-14(12,13)7-6-9-2-4-10(8-11)5-3-9/h2-5H,6-7H2,1H3. The number of aryl methyl sites for hydroxylation is 1. The normalized spacial score (nSPS) is 10.9. The molecule has 14 heavy (non-hydrogen) atoms. The predicted molar refractivity (Wildman–Crippen MR) is 54.6 cm³/mol. The number of hydrogen-bond donors (Lipinski definition) is 0. The van der Waals surface area contributed by atoms with Crippen LogP contribution in [0.2, 0.25) is 0 Å². The van der Waals surface area contributed by atoms with Crippen molar-refractivity contribution in [1.82, 2.24) is 0 Å². The number of rotatable bonds is 3. The van der Waals surface area contributed by atoms with Gasteiger partial charge in [-0.1, -0.05) is 12.1 Å². The summed E-state index contributed by atoms with van der Waals surface area (Å²) in [6.45, 7) is 0. The van der Waals surface area contributed by atoms with Crippen molar-refractivity contribution >= 4 is 9.84 Å². The molecule has 0 saturated carbocycles. The Morgan fingerprint density at radius 2 is 1.86 bits per heavy atom. The molecule has 0 aromatic heterocycles. The molecule has 1 aromatic rings. The van der Waals surface area contributed by atoms with Crippen molar-refractivity contribution in [3.8, 4) is 6.07 Å². The van der Waals surface area contributed by atoms with Gasteiger partial charge in [0.15, 0.2) is 0 Å². The second-order valence-electron chi connectivity index (χ2n) is 3.19. The first-order chi connectivity index (χ1) is 6.51. The van der Waals surface area contributed by atoms with Crippen molar-refractivity contribution in [2.75, 3.05) is 12.0 Å². The third kappa shape index (κ3) is 3.58. The zero-order valence-electron chi connectivity index (χ0n) is 7.90. The van der Waals surface area contributed by atoms with E-state index >= 15 is 0 Å². The largest absolute Gasteiger partial charge is 0.229 e. The molecule has 0 N–H and O–H groups in total. The van der Waals surface area contributed by atoms with E-state index in [0.717, 1.165) is 5.56 Å². The van der Waals surface area contributed by atoms with Crippen molar-refractivity contribution in [1.29, 1.82) is 5.26 Å². The Morgan fingerprint density at radius 3 is 2.29 bits per heavy atom. The average molecular weight is 209 g/mol. The van der Waals surface area contributed by atoms with Gasteiger partial charge in [-0.15, -0.1) is 0 Å². The zero-order valence-corrected chi connectivity index (χ0v) is 8.71. The molecule has 0 radical (unpaired) electrons.